The van der Waals surface area contributed by atoms with Gasteiger partial charge in [0, 0.05) is 44.1 Å². The Hall–Kier alpha value is -3.47. The van der Waals surface area contributed by atoms with E-state index < -0.39 is 0 Å². The van der Waals surface area contributed by atoms with E-state index in [4.69, 9.17) is 0 Å². The molecule has 0 atom stereocenters. The first-order valence-electron chi connectivity index (χ1n) is 11.6. The fraction of sp³-hybridized carbons (Fsp3) is 0.207. The monoisotopic (exact) mass is 435 g/mol. The van der Waals surface area contributed by atoms with Crippen LogP contribution in [0, 0.1) is 0 Å². The fourth-order valence-electron chi connectivity index (χ4n) is 4.54. The van der Waals surface area contributed by atoms with Gasteiger partial charge in [-0.3, -0.25) is 19.5 Å². The lowest BCUT2D eigenvalue weighted by atomic mass is 10.1. The topological polar surface area (TPSA) is 26.8 Å². The average Bonchev–Trinajstić information content (AvgIpc) is 2.87. The number of carbonyl (C=O) groups is 1. The highest BCUT2D eigenvalue weighted by Gasteiger charge is 2.24. The van der Waals surface area contributed by atoms with E-state index in [0.29, 0.717) is 6.54 Å². The Morgan fingerprint density at radius 1 is 0.636 bits per heavy atom. The van der Waals surface area contributed by atoms with Crippen LogP contribution in [0.5, 0.6) is 0 Å². The maximum Gasteiger partial charge on any atom is 0.245 e. The van der Waals surface area contributed by atoms with Crippen molar-refractivity contribution in [3.63, 3.8) is 0 Å². The highest BCUT2D eigenvalue weighted by Crippen LogP contribution is 2.29. The third-order valence-corrected chi connectivity index (χ3v) is 6.33. The Morgan fingerprint density at radius 3 is 1.97 bits per heavy atom. The molecule has 0 aliphatic carbocycles. The first-order chi connectivity index (χ1) is 16.3. The van der Waals surface area contributed by atoms with Gasteiger partial charge in [0.1, 0.15) is 0 Å². The number of anilines is 2. The number of para-hydroxylation sites is 1. The van der Waals surface area contributed by atoms with Crippen LogP contribution in [0.25, 0.3) is 10.8 Å². The van der Waals surface area contributed by atoms with Gasteiger partial charge in [-0.1, -0.05) is 78.9 Å². The molecule has 4 aromatic carbocycles. The van der Waals surface area contributed by atoms with Crippen molar-refractivity contribution in [3.05, 3.63) is 109 Å². The fourth-order valence-corrected chi connectivity index (χ4v) is 4.54. The first-order valence-corrected chi connectivity index (χ1v) is 11.6. The summed E-state index contributed by atoms with van der Waals surface area (Å²) in [7, 11) is 0. The van der Waals surface area contributed by atoms with E-state index in [0.717, 1.165) is 49.5 Å². The minimum absolute atomic E-state index is 0.105. The summed E-state index contributed by atoms with van der Waals surface area (Å²) in [6.07, 6.45) is 0. The molecule has 1 heterocycles. The van der Waals surface area contributed by atoms with E-state index in [1.165, 1.54) is 10.9 Å². The molecule has 0 spiro atoms. The summed E-state index contributed by atoms with van der Waals surface area (Å²) in [4.78, 5) is 20.2. The molecule has 1 saturated heterocycles. The number of nitrogens with zero attached hydrogens (tertiary/aromatic N) is 3. The van der Waals surface area contributed by atoms with Gasteiger partial charge in [-0.25, -0.2) is 0 Å². The number of rotatable bonds is 6. The van der Waals surface area contributed by atoms with E-state index >= 15 is 0 Å². The van der Waals surface area contributed by atoms with Gasteiger partial charge in [0.15, 0.2) is 0 Å². The van der Waals surface area contributed by atoms with Crippen molar-refractivity contribution in [2.24, 2.45) is 0 Å². The normalized spacial score (nSPS) is 14.9. The number of carbonyl (C=O) groups excluding carboxylic acids is 1. The molecule has 0 saturated carbocycles. The summed E-state index contributed by atoms with van der Waals surface area (Å²) in [5, 5.41) is 2.31. The maximum absolute atomic E-state index is 13.6. The molecule has 1 fully saturated rings. The molecule has 4 nitrogen and oxygen atoms in total. The van der Waals surface area contributed by atoms with Crippen LogP contribution < -0.4 is 4.90 Å². The summed E-state index contributed by atoms with van der Waals surface area (Å²) in [5.74, 6) is 0.105. The van der Waals surface area contributed by atoms with Crippen LogP contribution in [0.1, 0.15) is 5.56 Å². The molecule has 0 N–H and O–H groups in total. The van der Waals surface area contributed by atoms with Gasteiger partial charge in [0.05, 0.1) is 6.54 Å². The van der Waals surface area contributed by atoms with Crippen LogP contribution in [0.3, 0.4) is 0 Å². The molecule has 0 bridgehead atoms. The summed E-state index contributed by atoms with van der Waals surface area (Å²) in [6, 6.07) is 35.1. The smallest absolute Gasteiger partial charge is 0.245 e. The van der Waals surface area contributed by atoms with Crippen molar-refractivity contribution in [3.8, 4) is 0 Å². The largest absolute Gasteiger partial charge is 0.297 e. The molecule has 5 rings (SSSR count). The quantitative estimate of drug-likeness (QED) is 0.410. The van der Waals surface area contributed by atoms with Gasteiger partial charge in [0.25, 0.3) is 0 Å². The zero-order valence-corrected chi connectivity index (χ0v) is 18.8. The molecule has 0 unspecified atom stereocenters. The first kappa shape index (κ1) is 21.4. The lowest BCUT2D eigenvalue weighted by Gasteiger charge is -2.35. The van der Waals surface area contributed by atoms with E-state index in [1.54, 1.807) is 0 Å². The van der Waals surface area contributed by atoms with E-state index in [1.807, 2.05) is 53.4 Å². The predicted octanol–water partition coefficient (Wildman–Crippen LogP) is 5.32. The minimum Gasteiger partial charge on any atom is -0.297 e. The van der Waals surface area contributed by atoms with Crippen LogP contribution in [0.15, 0.2) is 103 Å². The molecule has 4 aromatic rings. The van der Waals surface area contributed by atoms with Gasteiger partial charge in [-0.2, -0.15) is 0 Å². The third-order valence-electron chi connectivity index (χ3n) is 6.33. The second-order valence-corrected chi connectivity index (χ2v) is 8.63. The molecular weight excluding hydrogens is 406 g/mol. The number of hydrogen-bond donors (Lipinski definition) is 0. The van der Waals surface area contributed by atoms with Crippen molar-refractivity contribution >= 4 is 28.1 Å². The molecule has 166 valence electrons. The molecular formula is C29H29N3O. The Morgan fingerprint density at radius 2 is 1.24 bits per heavy atom. The Kier molecular flexibility index (Phi) is 6.47. The molecule has 33 heavy (non-hydrogen) atoms. The number of amides is 1. The number of hydrogen-bond acceptors (Lipinski definition) is 3. The van der Waals surface area contributed by atoms with Crippen LogP contribution >= 0.6 is 0 Å². The molecule has 1 aliphatic heterocycles. The second-order valence-electron chi connectivity index (χ2n) is 8.63. The van der Waals surface area contributed by atoms with Gasteiger partial charge >= 0.3 is 0 Å². The highest BCUT2D eigenvalue weighted by atomic mass is 16.2. The zero-order valence-electron chi connectivity index (χ0n) is 18.8. The molecule has 1 aliphatic rings. The average molecular weight is 436 g/mol. The van der Waals surface area contributed by atoms with E-state index in [2.05, 4.69) is 64.4 Å². The van der Waals surface area contributed by atoms with Gasteiger partial charge in [0.2, 0.25) is 5.91 Å². The van der Waals surface area contributed by atoms with Gasteiger partial charge < -0.3 is 0 Å². The SMILES string of the molecule is O=C(CN1CCN(Cc2ccccc2)CC1)N(c1ccccc1)c1ccc2ccccc2c1. The van der Waals surface area contributed by atoms with Crippen molar-refractivity contribution in [1.29, 1.82) is 0 Å². The molecule has 0 radical (unpaired) electrons. The van der Waals surface area contributed by atoms with Crippen molar-refractivity contribution in [1.82, 2.24) is 9.80 Å². The molecule has 1 amide bonds. The van der Waals surface area contributed by atoms with Crippen LogP contribution in [0.2, 0.25) is 0 Å². The van der Waals surface area contributed by atoms with Crippen molar-refractivity contribution in [2.75, 3.05) is 37.6 Å². The Labute approximate surface area is 195 Å². The lowest BCUT2D eigenvalue weighted by molar-refractivity contribution is -0.119. The minimum atomic E-state index is 0.105. The van der Waals surface area contributed by atoms with Crippen LogP contribution in [-0.4, -0.2) is 48.4 Å². The van der Waals surface area contributed by atoms with E-state index in [-0.39, 0.29) is 5.91 Å². The summed E-state index contributed by atoms with van der Waals surface area (Å²) >= 11 is 0. The zero-order chi connectivity index (χ0) is 22.5. The van der Waals surface area contributed by atoms with Gasteiger partial charge in [-0.05, 0) is 40.6 Å². The summed E-state index contributed by atoms with van der Waals surface area (Å²) < 4.78 is 0. The number of piperazine rings is 1. The highest BCUT2D eigenvalue weighted by molar-refractivity contribution is 6.03. The van der Waals surface area contributed by atoms with Crippen LogP contribution in [0.4, 0.5) is 11.4 Å². The summed E-state index contributed by atoms with van der Waals surface area (Å²) in [5.41, 5.74) is 3.15. The molecule has 4 heteroatoms. The van der Waals surface area contributed by atoms with Crippen molar-refractivity contribution < 1.29 is 4.79 Å². The molecule has 0 aromatic heterocycles. The Balaban J connectivity index is 1.30. The van der Waals surface area contributed by atoms with Crippen molar-refractivity contribution in [2.45, 2.75) is 6.54 Å². The lowest BCUT2D eigenvalue weighted by Crippen LogP contribution is -2.49. The predicted molar refractivity (Wildman–Crippen MR) is 136 cm³/mol. The third kappa shape index (κ3) is 5.14. The second kappa shape index (κ2) is 9.99. The Bertz CT molecular complexity index is 1200. The number of fused-ring (bicyclic) bond motifs is 1. The number of benzene rings is 4. The standard InChI is InChI=1S/C29H29N3O/c33-29(23-31-19-17-30(18-20-31)22-24-9-3-1-4-10-24)32(27-13-5-2-6-14-27)28-16-15-25-11-7-8-12-26(25)21-28/h1-16,21H,17-20,22-23H2. The van der Waals surface area contributed by atoms with Crippen LogP contribution in [-0.2, 0) is 11.3 Å². The summed E-state index contributed by atoms with van der Waals surface area (Å²) in [6.45, 7) is 5.14. The van der Waals surface area contributed by atoms with E-state index in [9.17, 15) is 4.79 Å². The van der Waals surface area contributed by atoms with Gasteiger partial charge in [-0.15, -0.1) is 0 Å². The maximum atomic E-state index is 13.6.